The van der Waals surface area contributed by atoms with Crippen LogP contribution in [-0.2, 0) is 38.1 Å². The summed E-state index contributed by atoms with van der Waals surface area (Å²) in [6.07, 6.45) is -2.78. The van der Waals surface area contributed by atoms with Gasteiger partial charge in [0.05, 0.1) is 0 Å². The molecule has 0 saturated carbocycles. The molecule has 0 aliphatic carbocycles. The average Bonchev–Trinajstić information content (AvgIpc) is 2.98. The fraction of sp³-hybridized carbons (Fsp3) is 0.692. The van der Waals surface area contributed by atoms with E-state index in [1.54, 1.807) is 6.92 Å². The molecular weight excluding hydrogens is 316 g/mol. The summed E-state index contributed by atoms with van der Waals surface area (Å²) < 4.78 is 44.3. The molecule has 22 heavy (non-hydrogen) atoms. The summed E-state index contributed by atoms with van der Waals surface area (Å²) in [5.74, 6) is -1.81. The van der Waals surface area contributed by atoms with Crippen LogP contribution in [0.5, 0.6) is 0 Å². The van der Waals surface area contributed by atoms with E-state index in [9.17, 15) is 18.0 Å². The fourth-order valence-corrected chi connectivity index (χ4v) is 5.09. The Morgan fingerprint density at radius 1 is 1.23 bits per heavy atom. The minimum absolute atomic E-state index is 0.165. The van der Waals surface area contributed by atoms with Crippen molar-refractivity contribution < 1.29 is 36.4 Å². The second-order valence-electron chi connectivity index (χ2n) is 5.75. The highest BCUT2D eigenvalue weighted by molar-refractivity contribution is 7.87. The third-order valence-corrected chi connectivity index (χ3v) is 6.02. The van der Waals surface area contributed by atoms with Gasteiger partial charge >= 0.3 is 11.9 Å². The highest BCUT2D eigenvalue weighted by Gasteiger charge is 2.70. The predicted molar refractivity (Wildman–Crippen MR) is 71.1 cm³/mol. The number of carbonyl (C=O) groups is 2. The Morgan fingerprint density at radius 2 is 1.91 bits per heavy atom. The molecule has 3 aliphatic heterocycles. The van der Waals surface area contributed by atoms with Crippen LogP contribution in [0.4, 0.5) is 0 Å². The van der Waals surface area contributed by atoms with Crippen molar-refractivity contribution in [1.82, 2.24) is 0 Å². The number of esters is 2. The van der Waals surface area contributed by atoms with Crippen molar-refractivity contribution in [2.45, 2.75) is 43.5 Å². The van der Waals surface area contributed by atoms with Crippen molar-refractivity contribution in [2.24, 2.45) is 5.92 Å². The van der Waals surface area contributed by atoms with Gasteiger partial charge in [0.1, 0.15) is 23.6 Å². The average molecular weight is 332 g/mol. The standard InChI is InChI=1S/C13H16O8S/c1-5(2)13(15)18-4-7(14)19-9-8-6(3)12-11(20-8)10(9)21-22(12,16)17/h6,8-12H,1,4H2,2-3H3. The Morgan fingerprint density at radius 3 is 2.55 bits per heavy atom. The molecule has 122 valence electrons. The third kappa shape index (κ3) is 2.24. The molecule has 0 amide bonds. The molecular formula is C13H16O8S. The number of ether oxygens (including phenoxy) is 3. The third-order valence-electron chi connectivity index (χ3n) is 4.16. The van der Waals surface area contributed by atoms with Gasteiger partial charge < -0.3 is 14.2 Å². The van der Waals surface area contributed by atoms with Gasteiger partial charge in [-0.3, -0.25) is 4.18 Å². The Bertz CT molecular complexity index is 638. The molecule has 0 N–H and O–H groups in total. The number of carbonyl (C=O) groups excluding carboxylic acids is 2. The van der Waals surface area contributed by atoms with E-state index in [1.165, 1.54) is 6.92 Å². The summed E-state index contributed by atoms with van der Waals surface area (Å²) in [7, 11) is -3.70. The Balaban J connectivity index is 1.64. The summed E-state index contributed by atoms with van der Waals surface area (Å²) in [6, 6.07) is 0. The van der Waals surface area contributed by atoms with Gasteiger partial charge in [0, 0.05) is 11.5 Å². The second kappa shape index (κ2) is 5.04. The maximum atomic E-state index is 11.9. The quantitative estimate of drug-likeness (QED) is 0.386. The first kappa shape index (κ1) is 15.4. The monoisotopic (exact) mass is 332 g/mol. The second-order valence-corrected chi connectivity index (χ2v) is 7.48. The van der Waals surface area contributed by atoms with Crippen LogP contribution in [0.1, 0.15) is 13.8 Å². The fourth-order valence-electron chi connectivity index (χ4n) is 3.21. The van der Waals surface area contributed by atoms with E-state index in [-0.39, 0.29) is 11.5 Å². The van der Waals surface area contributed by atoms with E-state index in [0.717, 1.165) is 0 Å². The zero-order valence-corrected chi connectivity index (χ0v) is 12.9. The van der Waals surface area contributed by atoms with Gasteiger partial charge in [0.25, 0.3) is 10.1 Å². The molecule has 3 aliphatic rings. The zero-order chi connectivity index (χ0) is 16.2. The van der Waals surface area contributed by atoms with Crippen LogP contribution in [0, 0.1) is 5.92 Å². The summed E-state index contributed by atoms with van der Waals surface area (Å²) >= 11 is 0. The van der Waals surface area contributed by atoms with Gasteiger partial charge in [-0.25, -0.2) is 9.59 Å². The van der Waals surface area contributed by atoms with Crippen molar-refractivity contribution in [3.8, 4) is 0 Å². The molecule has 9 heteroatoms. The van der Waals surface area contributed by atoms with Crippen molar-refractivity contribution in [2.75, 3.05) is 6.61 Å². The molecule has 8 nitrogen and oxygen atoms in total. The minimum Gasteiger partial charge on any atom is -0.454 e. The first-order valence-corrected chi connectivity index (χ1v) is 8.29. The lowest BCUT2D eigenvalue weighted by Gasteiger charge is -2.25. The highest BCUT2D eigenvalue weighted by atomic mass is 32.2. The number of hydrogen-bond donors (Lipinski definition) is 0. The molecule has 3 heterocycles. The van der Waals surface area contributed by atoms with Crippen LogP contribution in [0.25, 0.3) is 0 Å². The van der Waals surface area contributed by atoms with Crippen molar-refractivity contribution in [3.63, 3.8) is 0 Å². The number of rotatable bonds is 4. The van der Waals surface area contributed by atoms with E-state index in [1.807, 2.05) is 0 Å². The van der Waals surface area contributed by atoms with Gasteiger partial charge in [0.2, 0.25) is 0 Å². The maximum Gasteiger partial charge on any atom is 0.344 e. The van der Waals surface area contributed by atoms with Crippen LogP contribution < -0.4 is 0 Å². The van der Waals surface area contributed by atoms with Crippen molar-refractivity contribution in [1.29, 1.82) is 0 Å². The Labute approximate surface area is 127 Å². The highest BCUT2D eigenvalue weighted by Crippen LogP contribution is 2.50. The van der Waals surface area contributed by atoms with Gasteiger partial charge in [-0.2, -0.15) is 8.42 Å². The summed E-state index contributed by atoms with van der Waals surface area (Å²) in [4.78, 5) is 23.0. The first-order valence-electron chi connectivity index (χ1n) is 6.82. The van der Waals surface area contributed by atoms with Crippen molar-refractivity contribution >= 4 is 22.1 Å². The smallest absolute Gasteiger partial charge is 0.344 e. The summed E-state index contributed by atoms with van der Waals surface area (Å²) in [5.41, 5.74) is 0.165. The summed E-state index contributed by atoms with van der Waals surface area (Å²) in [6.45, 7) is 5.99. The van der Waals surface area contributed by atoms with Gasteiger partial charge in [-0.05, 0) is 6.92 Å². The van der Waals surface area contributed by atoms with E-state index >= 15 is 0 Å². The minimum atomic E-state index is -3.70. The largest absolute Gasteiger partial charge is 0.454 e. The lowest BCUT2D eigenvalue weighted by Crippen LogP contribution is -2.46. The number of fused-ring (bicyclic) bond motifs is 1. The van der Waals surface area contributed by atoms with E-state index < -0.39 is 58.3 Å². The van der Waals surface area contributed by atoms with Crippen LogP contribution >= 0.6 is 0 Å². The molecule has 0 aromatic rings. The first-order chi connectivity index (χ1) is 10.2. The molecule has 0 radical (unpaired) electrons. The van der Waals surface area contributed by atoms with E-state index in [0.29, 0.717) is 0 Å². The molecule has 2 bridgehead atoms. The molecule has 6 atom stereocenters. The lowest BCUT2D eigenvalue weighted by atomic mass is 9.86. The molecule has 3 fully saturated rings. The molecule has 3 rings (SSSR count). The van der Waals surface area contributed by atoms with Crippen LogP contribution in [0.3, 0.4) is 0 Å². The zero-order valence-electron chi connectivity index (χ0n) is 12.1. The molecule has 0 spiro atoms. The van der Waals surface area contributed by atoms with Gasteiger partial charge in [-0.15, -0.1) is 0 Å². The van der Waals surface area contributed by atoms with Crippen LogP contribution in [0.2, 0.25) is 0 Å². The molecule has 0 aromatic heterocycles. The predicted octanol–water partition coefficient (Wildman–Crippen LogP) is -0.468. The van der Waals surface area contributed by atoms with E-state index in [4.69, 9.17) is 13.7 Å². The molecule has 6 unspecified atom stereocenters. The van der Waals surface area contributed by atoms with Crippen molar-refractivity contribution in [3.05, 3.63) is 12.2 Å². The van der Waals surface area contributed by atoms with Crippen LogP contribution in [-0.4, -0.2) is 56.6 Å². The maximum absolute atomic E-state index is 11.9. The van der Waals surface area contributed by atoms with Crippen LogP contribution in [0.15, 0.2) is 12.2 Å². The Hall–Kier alpha value is -1.45. The molecule has 0 aromatic carbocycles. The molecule has 3 saturated heterocycles. The topological polar surface area (TPSA) is 105 Å². The van der Waals surface area contributed by atoms with Gasteiger partial charge in [-0.1, -0.05) is 13.5 Å². The normalized spacial score (nSPS) is 40.5. The van der Waals surface area contributed by atoms with Gasteiger partial charge in [0.15, 0.2) is 12.7 Å². The van der Waals surface area contributed by atoms with E-state index in [2.05, 4.69) is 11.3 Å². The SMILES string of the molecule is C=C(C)C(=O)OCC(=O)OC1C2OC3C1OS(=O)(=O)C3C2C. The Kier molecular flexibility index (Phi) is 3.54. The summed E-state index contributed by atoms with van der Waals surface area (Å²) in [5, 5.41) is -0.710. The number of hydrogen-bond acceptors (Lipinski definition) is 8. The lowest BCUT2D eigenvalue weighted by molar-refractivity contribution is -0.165.